The van der Waals surface area contributed by atoms with E-state index in [1.807, 2.05) is 0 Å². The monoisotopic (exact) mass is 340 g/mol. The van der Waals surface area contributed by atoms with Crippen molar-refractivity contribution in [3.8, 4) is 0 Å². The molecular weight excluding hydrogens is 324 g/mol. The maximum absolute atomic E-state index is 11.9. The lowest BCUT2D eigenvalue weighted by Gasteiger charge is -2.08. The Kier molecular flexibility index (Phi) is 5.47. The fraction of sp³-hybridized carbons (Fsp3) is 0.0588. The first-order valence-corrected chi connectivity index (χ1v) is 7.25. The molecule has 4 amide bonds. The van der Waals surface area contributed by atoms with Crippen LogP contribution in [0.3, 0.4) is 0 Å². The van der Waals surface area contributed by atoms with E-state index in [2.05, 4.69) is 16.0 Å². The summed E-state index contributed by atoms with van der Waals surface area (Å²) in [5.41, 5.74) is 6.61. The number of amides is 4. The van der Waals surface area contributed by atoms with Crippen molar-refractivity contribution in [3.63, 3.8) is 0 Å². The zero-order valence-corrected chi connectivity index (χ0v) is 13.3. The van der Waals surface area contributed by atoms with Gasteiger partial charge in [0.1, 0.15) is 0 Å². The molecule has 0 aliphatic heterocycles. The summed E-state index contributed by atoms with van der Waals surface area (Å²) in [4.78, 5) is 45.9. The van der Waals surface area contributed by atoms with Gasteiger partial charge < -0.3 is 21.7 Å². The van der Waals surface area contributed by atoms with Gasteiger partial charge in [0.15, 0.2) is 0 Å². The predicted molar refractivity (Wildman–Crippen MR) is 93.0 cm³/mol. The Balaban J connectivity index is 1.99. The van der Waals surface area contributed by atoms with E-state index in [9.17, 15) is 19.2 Å². The third-order valence-electron chi connectivity index (χ3n) is 3.07. The summed E-state index contributed by atoms with van der Waals surface area (Å²) in [5.74, 6) is -2.59. The zero-order valence-electron chi connectivity index (χ0n) is 13.3. The molecule has 2 aromatic rings. The lowest BCUT2D eigenvalue weighted by molar-refractivity contribution is -0.132. The lowest BCUT2D eigenvalue weighted by atomic mass is 10.2. The van der Waals surface area contributed by atoms with E-state index in [1.165, 1.54) is 37.3 Å². The molecule has 8 nitrogen and oxygen atoms in total. The molecule has 0 unspecified atom stereocenters. The summed E-state index contributed by atoms with van der Waals surface area (Å²) in [6, 6.07) is 12.2. The van der Waals surface area contributed by atoms with Crippen molar-refractivity contribution < 1.29 is 19.2 Å². The summed E-state index contributed by atoms with van der Waals surface area (Å²) in [6.45, 7) is 1.36. The fourth-order valence-electron chi connectivity index (χ4n) is 1.97. The third kappa shape index (κ3) is 5.17. The van der Waals surface area contributed by atoms with Crippen LogP contribution in [0.2, 0.25) is 0 Å². The highest BCUT2D eigenvalue weighted by Gasteiger charge is 2.14. The normalized spacial score (nSPS) is 9.80. The molecular formula is C17H16N4O4. The Bertz CT molecular complexity index is 831. The van der Waals surface area contributed by atoms with Crippen LogP contribution >= 0.6 is 0 Å². The number of benzene rings is 2. The van der Waals surface area contributed by atoms with E-state index < -0.39 is 17.7 Å². The lowest BCUT2D eigenvalue weighted by Crippen LogP contribution is -2.29. The van der Waals surface area contributed by atoms with Gasteiger partial charge in [0.05, 0.1) is 0 Å². The second-order valence-electron chi connectivity index (χ2n) is 5.11. The van der Waals surface area contributed by atoms with Crippen molar-refractivity contribution >= 4 is 40.7 Å². The van der Waals surface area contributed by atoms with Gasteiger partial charge in [0.25, 0.3) is 0 Å². The molecule has 8 heteroatoms. The molecule has 0 bridgehead atoms. The van der Waals surface area contributed by atoms with Crippen molar-refractivity contribution in [2.24, 2.45) is 5.73 Å². The number of primary amides is 1. The van der Waals surface area contributed by atoms with Gasteiger partial charge in [-0.2, -0.15) is 0 Å². The molecule has 0 saturated heterocycles. The highest BCUT2D eigenvalue weighted by Crippen LogP contribution is 2.15. The van der Waals surface area contributed by atoms with E-state index in [0.29, 0.717) is 17.1 Å². The SMILES string of the molecule is CC(=O)Nc1cccc(NC(=O)C(=O)Nc2ccc(C(N)=O)cc2)c1. The smallest absolute Gasteiger partial charge is 0.314 e. The Hall–Kier alpha value is -3.68. The maximum atomic E-state index is 11.9. The predicted octanol–water partition coefficient (Wildman–Crippen LogP) is 1.32. The zero-order chi connectivity index (χ0) is 18.4. The van der Waals surface area contributed by atoms with Crippen molar-refractivity contribution in [3.05, 3.63) is 54.1 Å². The van der Waals surface area contributed by atoms with Gasteiger partial charge in [-0.1, -0.05) is 6.07 Å². The number of hydrogen-bond donors (Lipinski definition) is 4. The molecule has 5 N–H and O–H groups in total. The van der Waals surface area contributed by atoms with Gasteiger partial charge in [-0.3, -0.25) is 19.2 Å². The Morgan fingerprint density at radius 3 is 1.80 bits per heavy atom. The molecule has 0 aliphatic carbocycles. The van der Waals surface area contributed by atoms with E-state index in [4.69, 9.17) is 5.73 Å². The van der Waals surface area contributed by atoms with Crippen molar-refractivity contribution in [2.75, 3.05) is 16.0 Å². The summed E-state index contributed by atoms with van der Waals surface area (Å²) in [6.07, 6.45) is 0. The molecule has 2 aromatic carbocycles. The van der Waals surface area contributed by atoms with Gasteiger partial charge in [-0.05, 0) is 42.5 Å². The molecule has 0 atom stereocenters. The van der Waals surface area contributed by atoms with Gasteiger partial charge in [-0.15, -0.1) is 0 Å². The number of hydrogen-bond acceptors (Lipinski definition) is 4. The van der Waals surface area contributed by atoms with Crippen LogP contribution in [0.4, 0.5) is 17.1 Å². The molecule has 0 heterocycles. The molecule has 0 radical (unpaired) electrons. The topological polar surface area (TPSA) is 130 Å². The first kappa shape index (κ1) is 17.7. The number of rotatable bonds is 4. The van der Waals surface area contributed by atoms with Crippen LogP contribution < -0.4 is 21.7 Å². The van der Waals surface area contributed by atoms with Crippen molar-refractivity contribution in [1.29, 1.82) is 0 Å². The Morgan fingerprint density at radius 1 is 0.760 bits per heavy atom. The molecule has 0 saturated carbocycles. The van der Waals surface area contributed by atoms with Crippen LogP contribution in [0.15, 0.2) is 48.5 Å². The van der Waals surface area contributed by atoms with Gasteiger partial charge in [-0.25, -0.2) is 0 Å². The third-order valence-corrected chi connectivity index (χ3v) is 3.07. The quantitative estimate of drug-likeness (QED) is 0.625. The summed E-state index contributed by atoms with van der Waals surface area (Å²) in [5, 5.41) is 7.40. The number of carbonyl (C=O) groups is 4. The minimum atomic E-state index is -0.878. The highest BCUT2D eigenvalue weighted by atomic mass is 16.2. The summed E-state index contributed by atoms with van der Waals surface area (Å²) in [7, 11) is 0. The van der Waals surface area contributed by atoms with Gasteiger partial charge in [0.2, 0.25) is 11.8 Å². The van der Waals surface area contributed by atoms with E-state index >= 15 is 0 Å². The Labute approximate surface area is 143 Å². The molecule has 0 fully saturated rings. The molecule has 0 aliphatic rings. The van der Waals surface area contributed by atoms with E-state index in [0.717, 1.165) is 0 Å². The molecule has 2 rings (SSSR count). The van der Waals surface area contributed by atoms with E-state index in [-0.39, 0.29) is 11.5 Å². The second-order valence-corrected chi connectivity index (χ2v) is 5.11. The van der Waals surface area contributed by atoms with Gasteiger partial charge >= 0.3 is 11.8 Å². The number of nitrogens with two attached hydrogens (primary N) is 1. The molecule has 0 aromatic heterocycles. The highest BCUT2D eigenvalue weighted by molar-refractivity contribution is 6.43. The average Bonchev–Trinajstić information content (AvgIpc) is 2.55. The molecule has 0 spiro atoms. The van der Waals surface area contributed by atoms with Crippen molar-refractivity contribution in [1.82, 2.24) is 0 Å². The minimum absolute atomic E-state index is 0.249. The molecule has 128 valence electrons. The standard InChI is InChI=1S/C17H16N4O4/c1-10(22)19-13-3-2-4-14(9-13)21-17(25)16(24)20-12-7-5-11(6-8-12)15(18)23/h2-9H,1H3,(H2,18,23)(H,19,22)(H,20,24)(H,21,25). The van der Waals surface area contributed by atoms with Crippen LogP contribution in [0.25, 0.3) is 0 Å². The van der Waals surface area contributed by atoms with Crippen LogP contribution in [0.5, 0.6) is 0 Å². The number of carbonyl (C=O) groups excluding carboxylic acids is 4. The molecule has 25 heavy (non-hydrogen) atoms. The van der Waals surface area contributed by atoms with Crippen LogP contribution in [0.1, 0.15) is 17.3 Å². The second kappa shape index (κ2) is 7.73. The van der Waals surface area contributed by atoms with Crippen LogP contribution in [0, 0.1) is 0 Å². The van der Waals surface area contributed by atoms with Crippen LogP contribution in [-0.4, -0.2) is 23.6 Å². The number of nitrogens with one attached hydrogen (secondary N) is 3. The largest absolute Gasteiger partial charge is 0.366 e. The first-order chi connectivity index (χ1) is 11.8. The maximum Gasteiger partial charge on any atom is 0.314 e. The van der Waals surface area contributed by atoms with Crippen molar-refractivity contribution in [2.45, 2.75) is 6.92 Å². The summed E-state index contributed by atoms with van der Waals surface area (Å²) >= 11 is 0. The van der Waals surface area contributed by atoms with Crippen LogP contribution in [-0.2, 0) is 14.4 Å². The fourth-order valence-corrected chi connectivity index (χ4v) is 1.97. The summed E-state index contributed by atoms with van der Waals surface area (Å²) < 4.78 is 0. The Morgan fingerprint density at radius 2 is 1.28 bits per heavy atom. The average molecular weight is 340 g/mol. The van der Waals surface area contributed by atoms with E-state index in [1.54, 1.807) is 18.2 Å². The number of anilines is 3. The van der Waals surface area contributed by atoms with Gasteiger partial charge in [0, 0.05) is 29.5 Å². The minimum Gasteiger partial charge on any atom is -0.366 e. The first-order valence-electron chi connectivity index (χ1n) is 7.25.